The molecule has 1 amide bonds. The minimum Gasteiger partial charge on any atom is -0.364 e. The summed E-state index contributed by atoms with van der Waals surface area (Å²) in [5.41, 5.74) is 1.56. The molecular formula is C23H27FN8O2S. The van der Waals surface area contributed by atoms with Gasteiger partial charge in [0.05, 0.1) is 23.0 Å². The Kier molecular flexibility index (Phi) is 6.22. The Morgan fingerprint density at radius 1 is 1.17 bits per heavy atom. The lowest BCUT2D eigenvalue weighted by Crippen LogP contribution is -2.43. The molecular weight excluding hydrogens is 471 g/mol. The number of anilines is 2. The van der Waals surface area contributed by atoms with Crippen molar-refractivity contribution in [2.24, 2.45) is 7.05 Å². The normalized spacial score (nSPS) is 19.7. The molecule has 184 valence electrons. The number of likely N-dealkylation sites (N-methyl/N-ethyl adjacent to an activating group) is 1. The van der Waals surface area contributed by atoms with Crippen molar-refractivity contribution >= 4 is 28.5 Å². The van der Waals surface area contributed by atoms with Crippen LogP contribution in [0.25, 0.3) is 11.4 Å². The quantitative estimate of drug-likeness (QED) is 0.548. The number of benzene rings is 1. The summed E-state index contributed by atoms with van der Waals surface area (Å²) in [5.74, 6) is 2.75. The molecule has 2 aliphatic heterocycles. The third-order valence-corrected chi connectivity index (χ3v) is 7.89. The number of nitrogens with zero attached hydrogens (tertiary/aromatic N) is 7. The summed E-state index contributed by atoms with van der Waals surface area (Å²) >= 11 is 0. The fourth-order valence-corrected chi connectivity index (χ4v) is 5.72. The second-order valence-electron chi connectivity index (χ2n) is 8.96. The predicted octanol–water partition coefficient (Wildman–Crippen LogP) is 1.74. The SMILES string of the molecule is CN1C[C@@H](Nc2nc(N(C)Cc3nnc(-c4ccc(F)cc4)n3C)nc3c2S(=O)CC3)CCC1=O. The van der Waals surface area contributed by atoms with Gasteiger partial charge in [-0.05, 0) is 30.7 Å². The van der Waals surface area contributed by atoms with E-state index in [1.807, 2.05) is 23.6 Å². The third kappa shape index (κ3) is 4.62. The molecule has 1 fully saturated rings. The molecule has 5 rings (SSSR count). The number of aryl methyl sites for hydroxylation is 1. The lowest BCUT2D eigenvalue weighted by molar-refractivity contribution is -0.132. The molecule has 0 bridgehead atoms. The third-order valence-electron chi connectivity index (χ3n) is 6.43. The van der Waals surface area contributed by atoms with Crippen LogP contribution in [0.3, 0.4) is 0 Å². The van der Waals surface area contributed by atoms with E-state index >= 15 is 0 Å². The van der Waals surface area contributed by atoms with Crippen LogP contribution in [0.2, 0.25) is 0 Å². The number of piperidine rings is 1. The van der Waals surface area contributed by atoms with Crippen molar-refractivity contribution in [3.63, 3.8) is 0 Å². The number of rotatable bonds is 6. The summed E-state index contributed by atoms with van der Waals surface area (Å²) in [6.45, 7) is 0.965. The first-order valence-electron chi connectivity index (χ1n) is 11.4. The molecule has 10 nitrogen and oxygen atoms in total. The first kappa shape index (κ1) is 23.3. The van der Waals surface area contributed by atoms with Gasteiger partial charge >= 0.3 is 0 Å². The van der Waals surface area contributed by atoms with Crippen molar-refractivity contribution < 1.29 is 13.4 Å². The van der Waals surface area contributed by atoms with Gasteiger partial charge in [0.2, 0.25) is 11.9 Å². The minimum absolute atomic E-state index is 0.0319. The average Bonchev–Trinajstić information content (AvgIpc) is 3.39. The molecule has 2 atom stereocenters. The fraction of sp³-hybridized carbons (Fsp3) is 0.435. The summed E-state index contributed by atoms with van der Waals surface area (Å²) in [5, 5.41) is 12.0. The molecule has 2 aromatic heterocycles. The summed E-state index contributed by atoms with van der Waals surface area (Å²) < 4.78 is 27.8. The molecule has 1 aromatic carbocycles. The number of carbonyl (C=O) groups excluding carboxylic acids is 1. The molecule has 3 aromatic rings. The van der Waals surface area contributed by atoms with E-state index in [-0.39, 0.29) is 17.8 Å². The molecule has 12 heteroatoms. The Hall–Kier alpha value is -3.41. The second-order valence-corrected chi connectivity index (χ2v) is 10.5. The van der Waals surface area contributed by atoms with Crippen molar-refractivity contribution in [2.45, 2.75) is 36.7 Å². The van der Waals surface area contributed by atoms with Gasteiger partial charge in [0.1, 0.15) is 16.5 Å². The largest absolute Gasteiger partial charge is 0.364 e. The highest BCUT2D eigenvalue weighted by Gasteiger charge is 2.30. The van der Waals surface area contributed by atoms with E-state index < -0.39 is 10.8 Å². The lowest BCUT2D eigenvalue weighted by Gasteiger charge is -2.31. The maximum Gasteiger partial charge on any atom is 0.227 e. The second kappa shape index (κ2) is 9.33. The lowest BCUT2D eigenvalue weighted by atomic mass is 10.1. The Morgan fingerprint density at radius 3 is 2.69 bits per heavy atom. The zero-order chi connectivity index (χ0) is 24.7. The van der Waals surface area contributed by atoms with Gasteiger partial charge in [0, 0.05) is 57.9 Å². The van der Waals surface area contributed by atoms with Crippen molar-refractivity contribution in [1.29, 1.82) is 0 Å². The van der Waals surface area contributed by atoms with Gasteiger partial charge in [0.25, 0.3) is 0 Å². The first-order chi connectivity index (χ1) is 16.8. The molecule has 1 N–H and O–H groups in total. The summed E-state index contributed by atoms with van der Waals surface area (Å²) in [4.78, 5) is 25.6. The summed E-state index contributed by atoms with van der Waals surface area (Å²) in [6.07, 6.45) is 1.80. The van der Waals surface area contributed by atoms with Gasteiger partial charge in [-0.3, -0.25) is 9.00 Å². The number of likely N-dealkylation sites (tertiary alicyclic amines) is 1. The zero-order valence-corrected chi connectivity index (χ0v) is 20.7. The van der Waals surface area contributed by atoms with E-state index in [1.165, 1.54) is 12.1 Å². The molecule has 1 saturated heterocycles. The summed E-state index contributed by atoms with van der Waals surface area (Å²) in [7, 11) is 4.37. The van der Waals surface area contributed by atoms with E-state index in [9.17, 15) is 13.4 Å². The Bertz CT molecular complexity index is 1300. The molecule has 0 radical (unpaired) electrons. The molecule has 0 saturated carbocycles. The number of hydrogen-bond acceptors (Lipinski definition) is 8. The molecule has 1 unspecified atom stereocenters. The van der Waals surface area contributed by atoms with Gasteiger partial charge in [-0.2, -0.15) is 4.98 Å². The van der Waals surface area contributed by atoms with Crippen LogP contribution in [0.1, 0.15) is 24.4 Å². The molecule has 0 aliphatic carbocycles. The molecule has 4 heterocycles. The Balaban J connectivity index is 1.39. The van der Waals surface area contributed by atoms with Crippen molar-refractivity contribution in [2.75, 3.05) is 36.6 Å². The minimum atomic E-state index is -1.15. The number of fused-ring (bicyclic) bond motifs is 1. The van der Waals surface area contributed by atoms with Gasteiger partial charge in [-0.25, -0.2) is 9.37 Å². The van der Waals surface area contributed by atoms with Gasteiger partial charge in [-0.1, -0.05) is 0 Å². The summed E-state index contributed by atoms with van der Waals surface area (Å²) in [6, 6.07) is 6.17. The highest BCUT2D eigenvalue weighted by atomic mass is 32.2. The van der Waals surface area contributed by atoms with E-state index in [0.717, 1.165) is 11.3 Å². The highest BCUT2D eigenvalue weighted by molar-refractivity contribution is 7.85. The van der Waals surface area contributed by atoms with Crippen LogP contribution in [0.15, 0.2) is 29.2 Å². The number of halogens is 1. The molecule has 2 aliphatic rings. The van der Waals surface area contributed by atoms with Crippen LogP contribution in [0.5, 0.6) is 0 Å². The number of hydrogen-bond donors (Lipinski definition) is 1. The van der Waals surface area contributed by atoms with Crippen molar-refractivity contribution in [1.82, 2.24) is 29.6 Å². The number of amides is 1. The topological polar surface area (TPSA) is 109 Å². The van der Waals surface area contributed by atoms with Crippen LogP contribution in [-0.2, 0) is 35.6 Å². The standard InChI is InChI=1S/C23H27FN8O2S/c1-30-12-16(8-9-19(30)33)25-21-20-17(10-11-35(20)34)26-23(27-21)31(2)13-18-28-29-22(32(18)3)14-4-6-15(24)7-5-14/h4-7,16H,8-13H2,1-3H3,(H,25,26,27)/t16-,35?/m0/s1. The number of nitrogens with one attached hydrogen (secondary N) is 1. The van der Waals surface area contributed by atoms with Gasteiger partial charge in [-0.15, -0.1) is 10.2 Å². The average molecular weight is 499 g/mol. The maximum absolute atomic E-state index is 13.3. The van der Waals surface area contributed by atoms with Crippen LogP contribution < -0.4 is 10.2 Å². The fourth-order valence-electron chi connectivity index (χ4n) is 4.41. The zero-order valence-electron chi connectivity index (χ0n) is 19.9. The number of aromatic nitrogens is 5. The van der Waals surface area contributed by atoms with Gasteiger partial charge < -0.3 is 19.7 Å². The van der Waals surface area contributed by atoms with Crippen LogP contribution >= 0.6 is 0 Å². The monoisotopic (exact) mass is 498 g/mol. The highest BCUT2D eigenvalue weighted by Crippen LogP contribution is 2.31. The van der Waals surface area contributed by atoms with Crippen molar-refractivity contribution in [3.05, 3.63) is 41.6 Å². The van der Waals surface area contributed by atoms with Crippen LogP contribution in [-0.4, -0.2) is 72.2 Å². The van der Waals surface area contributed by atoms with Gasteiger partial charge in [0.15, 0.2) is 11.6 Å². The van der Waals surface area contributed by atoms with E-state index in [1.54, 1.807) is 24.1 Å². The van der Waals surface area contributed by atoms with Crippen LogP contribution in [0.4, 0.5) is 16.2 Å². The molecule has 0 spiro atoms. The van der Waals surface area contributed by atoms with Crippen molar-refractivity contribution in [3.8, 4) is 11.4 Å². The smallest absolute Gasteiger partial charge is 0.227 e. The number of carbonyl (C=O) groups is 1. The van der Waals surface area contributed by atoms with E-state index in [4.69, 9.17) is 9.97 Å². The Morgan fingerprint density at radius 2 is 1.94 bits per heavy atom. The first-order valence-corrected chi connectivity index (χ1v) is 12.8. The van der Waals surface area contributed by atoms with E-state index in [0.29, 0.717) is 66.4 Å². The predicted molar refractivity (Wildman–Crippen MR) is 130 cm³/mol. The van der Waals surface area contributed by atoms with Crippen LogP contribution in [0, 0.1) is 5.82 Å². The van der Waals surface area contributed by atoms with E-state index in [2.05, 4.69) is 15.5 Å². The molecule has 35 heavy (non-hydrogen) atoms. The maximum atomic E-state index is 13.3. The Labute approximate surface area is 205 Å².